The van der Waals surface area contributed by atoms with Crippen molar-refractivity contribution in [2.45, 2.75) is 31.9 Å². The molecule has 0 aromatic carbocycles. The standard InChI is InChI=1S/C9H16N2O/c1-3-4-9-8(7-10)11(2)5-6-12-9/h8-9H,3-6H2,1-2H3. The predicted molar refractivity (Wildman–Crippen MR) is 46.7 cm³/mol. The van der Waals surface area contributed by atoms with Crippen molar-refractivity contribution in [3.05, 3.63) is 0 Å². The van der Waals surface area contributed by atoms with Crippen molar-refractivity contribution < 1.29 is 4.74 Å². The summed E-state index contributed by atoms with van der Waals surface area (Å²) in [5.41, 5.74) is 0. The summed E-state index contributed by atoms with van der Waals surface area (Å²) in [6.45, 7) is 3.75. The summed E-state index contributed by atoms with van der Waals surface area (Å²) in [6.07, 6.45) is 2.19. The number of nitriles is 1. The first kappa shape index (κ1) is 9.50. The minimum Gasteiger partial charge on any atom is -0.374 e. The molecule has 2 atom stereocenters. The minimum atomic E-state index is -0.0429. The second kappa shape index (κ2) is 4.44. The van der Waals surface area contributed by atoms with Crippen LogP contribution in [0.3, 0.4) is 0 Å². The molecule has 12 heavy (non-hydrogen) atoms. The van der Waals surface area contributed by atoms with Crippen LogP contribution in [-0.4, -0.2) is 37.2 Å². The summed E-state index contributed by atoms with van der Waals surface area (Å²) in [7, 11) is 1.99. The molecule has 0 saturated carbocycles. The first-order valence-corrected chi connectivity index (χ1v) is 4.51. The molecule has 0 aromatic rings. The second-order valence-corrected chi connectivity index (χ2v) is 3.25. The average molecular weight is 168 g/mol. The predicted octanol–water partition coefficient (Wildman–Crippen LogP) is 1.01. The second-order valence-electron chi connectivity index (χ2n) is 3.25. The van der Waals surface area contributed by atoms with Gasteiger partial charge in [0.05, 0.1) is 18.8 Å². The molecule has 1 heterocycles. The molecule has 1 aliphatic heterocycles. The van der Waals surface area contributed by atoms with E-state index in [0.717, 1.165) is 26.0 Å². The normalized spacial score (nSPS) is 31.4. The number of ether oxygens (including phenoxy) is 1. The van der Waals surface area contributed by atoms with Crippen molar-refractivity contribution in [3.8, 4) is 6.07 Å². The molecule has 3 heteroatoms. The van der Waals surface area contributed by atoms with Gasteiger partial charge in [-0.25, -0.2) is 0 Å². The molecule has 0 amide bonds. The van der Waals surface area contributed by atoms with Crippen molar-refractivity contribution in [1.82, 2.24) is 4.90 Å². The first-order valence-electron chi connectivity index (χ1n) is 4.51. The van der Waals surface area contributed by atoms with Crippen LogP contribution in [0.1, 0.15) is 19.8 Å². The van der Waals surface area contributed by atoms with Crippen molar-refractivity contribution >= 4 is 0 Å². The van der Waals surface area contributed by atoms with E-state index in [4.69, 9.17) is 10.00 Å². The van der Waals surface area contributed by atoms with Crippen molar-refractivity contribution in [1.29, 1.82) is 5.26 Å². The Morgan fingerprint density at radius 3 is 3.00 bits per heavy atom. The van der Waals surface area contributed by atoms with Crippen LogP contribution in [-0.2, 0) is 4.74 Å². The molecule has 1 aliphatic rings. The Balaban J connectivity index is 2.53. The Labute approximate surface area is 73.9 Å². The van der Waals surface area contributed by atoms with Gasteiger partial charge in [0.1, 0.15) is 6.04 Å². The minimum absolute atomic E-state index is 0.0429. The maximum atomic E-state index is 8.89. The molecule has 0 N–H and O–H groups in total. The Morgan fingerprint density at radius 1 is 1.67 bits per heavy atom. The molecule has 0 aromatic heterocycles. The van der Waals surface area contributed by atoms with Crippen LogP contribution >= 0.6 is 0 Å². The summed E-state index contributed by atoms with van der Waals surface area (Å²) in [6, 6.07) is 2.25. The summed E-state index contributed by atoms with van der Waals surface area (Å²) < 4.78 is 5.53. The number of rotatable bonds is 2. The largest absolute Gasteiger partial charge is 0.374 e. The third-order valence-electron chi connectivity index (χ3n) is 2.31. The first-order chi connectivity index (χ1) is 5.79. The Morgan fingerprint density at radius 2 is 2.42 bits per heavy atom. The van der Waals surface area contributed by atoms with Crippen molar-refractivity contribution in [2.75, 3.05) is 20.2 Å². The molecular formula is C9H16N2O. The Bertz CT molecular complexity index is 174. The molecule has 3 nitrogen and oxygen atoms in total. The highest BCUT2D eigenvalue weighted by Crippen LogP contribution is 2.15. The molecular weight excluding hydrogens is 152 g/mol. The van der Waals surface area contributed by atoms with E-state index in [9.17, 15) is 0 Å². The van der Waals surface area contributed by atoms with Crippen LogP contribution in [0.15, 0.2) is 0 Å². The summed E-state index contributed by atoms with van der Waals surface area (Å²) in [5, 5.41) is 8.89. The maximum Gasteiger partial charge on any atom is 0.124 e. The van der Waals surface area contributed by atoms with Gasteiger partial charge in [-0.3, -0.25) is 4.90 Å². The smallest absolute Gasteiger partial charge is 0.124 e. The number of likely N-dealkylation sites (N-methyl/N-ethyl adjacent to an activating group) is 1. The molecule has 1 rings (SSSR count). The van der Waals surface area contributed by atoms with Crippen LogP contribution in [0, 0.1) is 11.3 Å². The van der Waals surface area contributed by atoms with Gasteiger partial charge in [-0.1, -0.05) is 13.3 Å². The van der Waals surface area contributed by atoms with Gasteiger partial charge in [-0.2, -0.15) is 5.26 Å². The molecule has 1 saturated heterocycles. The number of morpholine rings is 1. The number of hydrogen-bond acceptors (Lipinski definition) is 3. The highest BCUT2D eigenvalue weighted by atomic mass is 16.5. The lowest BCUT2D eigenvalue weighted by molar-refractivity contribution is -0.0467. The lowest BCUT2D eigenvalue weighted by Gasteiger charge is -2.34. The fourth-order valence-corrected chi connectivity index (χ4v) is 1.57. The van der Waals surface area contributed by atoms with Crippen LogP contribution in [0.25, 0.3) is 0 Å². The van der Waals surface area contributed by atoms with E-state index < -0.39 is 0 Å². The van der Waals surface area contributed by atoms with Crippen LogP contribution < -0.4 is 0 Å². The lowest BCUT2D eigenvalue weighted by Crippen LogP contribution is -2.48. The maximum absolute atomic E-state index is 8.89. The van der Waals surface area contributed by atoms with Gasteiger partial charge < -0.3 is 4.74 Å². The van der Waals surface area contributed by atoms with Gasteiger partial charge in [-0.15, -0.1) is 0 Å². The summed E-state index contributed by atoms with van der Waals surface area (Å²) in [5.74, 6) is 0. The van der Waals surface area contributed by atoms with Gasteiger partial charge in [-0.05, 0) is 13.5 Å². The van der Waals surface area contributed by atoms with Gasteiger partial charge in [0.15, 0.2) is 0 Å². The van der Waals surface area contributed by atoms with Crippen LogP contribution in [0.2, 0.25) is 0 Å². The highest BCUT2D eigenvalue weighted by Gasteiger charge is 2.28. The number of hydrogen-bond donors (Lipinski definition) is 0. The summed E-state index contributed by atoms with van der Waals surface area (Å²) in [4.78, 5) is 2.07. The molecule has 0 radical (unpaired) electrons. The zero-order valence-corrected chi connectivity index (χ0v) is 7.79. The van der Waals surface area contributed by atoms with E-state index in [-0.39, 0.29) is 12.1 Å². The van der Waals surface area contributed by atoms with Gasteiger partial charge >= 0.3 is 0 Å². The highest BCUT2D eigenvalue weighted by molar-refractivity contribution is 4.98. The van der Waals surface area contributed by atoms with Gasteiger partial charge in [0, 0.05) is 6.54 Å². The van der Waals surface area contributed by atoms with E-state index in [1.165, 1.54) is 0 Å². The molecule has 0 spiro atoms. The van der Waals surface area contributed by atoms with E-state index in [1.54, 1.807) is 0 Å². The molecule has 0 bridgehead atoms. The van der Waals surface area contributed by atoms with Crippen LogP contribution in [0.4, 0.5) is 0 Å². The number of nitrogens with zero attached hydrogens (tertiary/aromatic N) is 2. The van der Waals surface area contributed by atoms with E-state index >= 15 is 0 Å². The van der Waals surface area contributed by atoms with Crippen molar-refractivity contribution in [3.63, 3.8) is 0 Å². The topological polar surface area (TPSA) is 36.3 Å². The van der Waals surface area contributed by atoms with E-state index in [2.05, 4.69) is 17.9 Å². The zero-order chi connectivity index (χ0) is 8.97. The molecule has 2 unspecified atom stereocenters. The van der Waals surface area contributed by atoms with Crippen LogP contribution in [0.5, 0.6) is 0 Å². The molecule has 1 fully saturated rings. The van der Waals surface area contributed by atoms with E-state index in [0.29, 0.717) is 0 Å². The molecule has 0 aliphatic carbocycles. The summed E-state index contributed by atoms with van der Waals surface area (Å²) >= 11 is 0. The SMILES string of the molecule is CCCC1OCCN(C)C1C#N. The Hall–Kier alpha value is -0.590. The lowest BCUT2D eigenvalue weighted by atomic mass is 10.0. The molecule has 68 valence electrons. The monoisotopic (exact) mass is 168 g/mol. The van der Waals surface area contributed by atoms with Gasteiger partial charge in [0.2, 0.25) is 0 Å². The Kier molecular flexibility index (Phi) is 3.51. The average Bonchev–Trinajstić information content (AvgIpc) is 2.05. The van der Waals surface area contributed by atoms with E-state index in [1.807, 2.05) is 7.05 Å². The van der Waals surface area contributed by atoms with Crippen molar-refractivity contribution in [2.24, 2.45) is 0 Å². The van der Waals surface area contributed by atoms with Gasteiger partial charge in [0.25, 0.3) is 0 Å². The zero-order valence-electron chi connectivity index (χ0n) is 7.79. The fraction of sp³-hybridized carbons (Fsp3) is 0.889. The fourth-order valence-electron chi connectivity index (χ4n) is 1.57. The third kappa shape index (κ3) is 1.96. The third-order valence-corrected chi connectivity index (χ3v) is 2.31. The quantitative estimate of drug-likeness (QED) is 0.617.